The first-order valence-electron chi connectivity index (χ1n) is 8.62. The lowest BCUT2D eigenvalue weighted by Crippen LogP contribution is -2.40. The highest BCUT2D eigenvalue weighted by atomic mass is 32.2. The van der Waals surface area contributed by atoms with Gasteiger partial charge in [-0.2, -0.15) is 4.31 Å². The van der Waals surface area contributed by atoms with E-state index in [0.29, 0.717) is 6.54 Å². The SMILES string of the molecule is CCCCNC(=O)COc1ccc(S(=O)(=O)N2CCOCC2)cc1[N+](=O)[O-]. The first-order chi connectivity index (χ1) is 12.9. The summed E-state index contributed by atoms with van der Waals surface area (Å²) < 4.78 is 36.8. The van der Waals surface area contributed by atoms with Crippen molar-refractivity contribution in [1.82, 2.24) is 9.62 Å². The van der Waals surface area contributed by atoms with Crippen LogP contribution in [0, 0.1) is 10.1 Å². The van der Waals surface area contributed by atoms with Gasteiger partial charge in [0, 0.05) is 25.7 Å². The Morgan fingerprint density at radius 2 is 2.07 bits per heavy atom. The molecule has 1 aromatic carbocycles. The van der Waals surface area contributed by atoms with Gasteiger partial charge in [0.25, 0.3) is 5.91 Å². The molecule has 0 atom stereocenters. The number of rotatable bonds is 9. The standard InChI is InChI=1S/C16H23N3O7S/c1-2-3-6-17-16(20)12-26-15-5-4-13(11-14(15)19(21)22)27(23,24)18-7-9-25-10-8-18/h4-5,11H,2-3,6-10,12H2,1H3,(H,17,20). The van der Waals surface area contributed by atoms with Crippen molar-refractivity contribution in [2.24, 2.45) is 0 Å². The minimum Gasteiger partial charge on any atom is -0.477 e. The molecule has 1 fully saturated rings. The number of unbranched alkanes of at least 4 members (excludes halogenated alkanes) is 1. The zero-order valence-electron chi connectivity index (χ0n) is 15.0. The van der Waals surface area contributed by atoms with Crippen molar-refractivity contribution in [3.8, 4) is 5.75 Å². The predicted octanol–water partition coefficient (Wildman–Crippen LogP) is 0.911. The Hall–Kier alpha value is -2.24. The van der Waals surface area contributed by atoms with E-state index in [1.165, 1.54) is 16.4 Å². The van der Waals surface area contributed by atoms with Crippen LogP contribution in [0.15, 0.2) is 23.1 Å². The Bertz CT molecular complexity index is 776. The second kappa shape index (κ2) is 9.62. The minimum atomic E-state index is -3.87. The Labute approximate surface area is 157 Å². The fraction of sp³-hybridized carbons (Fsp3) is 0.562. The molecule has 0 spiro atoms. The van der Waals surface area contributed by atoms with E-state index in [0.717, 1.165) is 18.9 Å². The zero-order chi connectivity index (χ0) is 19.9. The quantitative estimate of drug-likeness (QED) is 0.370. The number of sulfonamides is 1. The number of carbonyl (C=O) groups excluding carboxylic acids is 1. The summed E-state index contributed by atoms with van der Waals surface area (Å²) in [7, 11) is -3.87. The minimum absolute atomic E-state index is 0.161. The fourth-order valence-electron chi connectivity index (χ4n) is 2.46. The number of nitro groups is 1. The number of amides is 1. The van der Waals surface area contributed by atoms with Gasteiger partial charge in [-0.25, -0.2) is 8.42 Å². The summed E-state index contributed by atoms with van der Waals surface area (Å²) in [5, 5.41) is 14.0. The van der Waals surface area contributed by atoms with Gasteiger partial charge in [-0.05, 0) is 18.6 Å². The Balaban J connectivity index is 2.14. The average Bonchev–Trinajstić information content (AvgIpc) is 2.67. The maximum atomic E-state index is 12.6. The summed E-state index contributed by atoms with van der Waals surface area (Å²) in [4.78, 5) is 22.1. The molecule has 2 rings (SSSR count). The van der Waals surface area contributed by atoms with Crippen molar-refractivity contribution < 1.29 is 27.6 Å². The molecule has 0 unspecified atom stereocenters. The van der Waals surface area contributed by atoms with Gasteiger partial charge < -0.3 is 14.8 Å². The summed E-state index contributed by atoms with van der Waals surface area (Å²) in [5.74, 6) is -0.561. The van der Waals surface area contributed by atoms with Crippen LogP contribution in [0.2, 0.25) is 0 Å². The van der Waals surface area contributed by atoms with E-state index < -0.39 is 26.5 Å². The first-order valence-corrected chi connectivity index (χ1v) is 10.1. The van der Waals surface area contributed by atoms with Crippen LogP contribution in [-0.2, 0) is 19.6 Å². The summed E-state index contributed by atoms with van der Waals surface area (Å²) in [6, 6.07) is 3.39. The molecular weight excluding hydrogens is 378 g/mol. The van der Waals surface area contributed by atoms with Crippen molar-refractivity contribution in [3.05, 3.63) is 28.3 Å². The number of ether oxygens (including phenoxy) is 2. The average molecular weight is 401 g/mol. The van der Waals surface area contributed by atoms with E-state index >= 15 is 0 Å². The highest BCUT2D eigenvalue weighted by Gasteiger charge is 2.29. The number of hydrogen-bond acceptors (Lipinski definition) is 7. The third kappa shape index (κ3) is 5.62. The van der Waals surface area contributed by atoms with Gasteiger partial charge >= 0.3 is 5.69 Å². The maximum Gasteiger partial charge on any atom is 0.312 e. The number of carbonyl (C=O) groups is 1. The molecule has 1 heterocycles. The second-order valence-electron chi connectivity index (χ2n) is 5.90. The lowest BCUT2D eigenvalue weighted by Gasteiger charge is -2.26. The number of benzene rings is 1. The fourth-order valence-corrected chi connectivity index (χ4v) is 3.89. The molecule has 10 nitrogen and oxygen atoms in total. The molecular formula is C16H23N3O7S. The second-order valence-corrected chi connectivity index (χ2v) is 7.83. The molecule has 150 valence electrons. The van der Waals surface area contributed by atoms with E-state index in [9.17, 15) is 23.3 Å². The number of hydrogen-bond donors (Lipinski definition) is 1. The monoisotopic (exact) mass is 401 g/mol. The topological polar surface area (TPSA) is 128 Å². The summed E-state index contributed by atoms with van der Waals surface area (Å²) in [6.07, 6.45) is 1.74. The molecule has 1 saturated heterocycles. The highest BCUT2D eigenvalue weighted by Crippen LogP contribution is 2.31. The molecule has 0 bridgehead atoms. The zero-order valence-corrected chi connectivity index (χ0v) is 15.9. The van der Waals surface area contributed by atoms with Crippen molar-refractivity contribution >= 4 is 21.6 Å². The number of morpholine rings is 1. The third-order valence-electron chi connectivity index (χ3n) is 3.95. The first kappa shape index (κ1) is 21.1. The molecule has 1 aliphatic heterocycles. The van der Waals surface area contributed by atoms with Gasteiger partial charge in [0.05, 0.1) is 23.0 Å². The van der Waals surface area contributed by atoms with Gasteiger partial charge in [-0.3, -0.25) is 14.9 Å². The molecule has 0 aromatic heterocycles. The van der Waals surface area contributed by atoms with Crippen molar-refractivity contribution in [3.63, 3.8) is 0 Å². The van der Waals surface area contributed by atoms with Crippen LogP contribution in [0.5, 0.6) is 5.75 Å². The molecule has 1 amide bonds. The van der Waals surface area contributed by atoms with Crippen molar-refractivity contribution in [1.29, 1.82) is 0 Å². The predicted molar refractivity (Wildman–Crippen MR) is 96.1 cm³/mol. The van der Waals surface area contributed by atoms with Gasteiger partial charge in [-0.15, -0.1) is 0 Å². The van der Waals surface area contributed by atoms with E-state index in [4.69, 9.17) is 9.47 Å². The van der Waals surface area contributed by atoms with Crippen LogP contribution >= 0.6 is 0 Å². The van der Waals surface area contributed by atoms with Crippen LogP contribution in [0.4, 0.5) is 5.69 Å². The molecule has 1 N–H and O–H groups in total. The summed E-state index contributed by atoms with van der Waals surface area (Å²) in [5.41, 5.74) is -0.509. The molecule has 0 saturated carbocycles. The number of nitrogens with one attached hydrogen (secondary N) is 1. The normalized spacial score (nSPS) is 15.3. The van der Waals surface area contributed by atoms with Crippen LogP contribution in [0.3, 0.4) is 0 Å². The smallest absolute Gasteiger partial charge is 0.312 e. The van der Waals surface area contributed by atoms with Crippen LogP contribution in [-0.4, -0.2) is 63.0 Å². The van der Waals surface area contributed by atoms with Gasteiger partial charge in [-0.1, -0.05) is 13.3 Å². The highest BCUT2D eigenvalue weighted by molar-refractivity contribution is 7.89. The van der Waals surface area contributed by atoms with Crippen LogP contribution < -0.4 is 10.1 Å². The van der Waals surface area contributed by atoms with Crippen LogP contribution in [0.1, 0.15) is 19.8 Å². The number of nitro benzene ring substituents is 1. The van der Waals surface area contributed by atoms with Gasteiger partial charge in [0.1, 0.15) is 0 Å². The van der Waals surface area contributed by atoms with Crippen LogP contribution in [0.25, 0.3) is 0 Å². The Morgan fingerprint density at radius 3 is 2.70 bits per heavy atom. The van der Waals surface area contributed by atoms with Crippen molar-refractivity contribution in [2.75, 3.05) is 39.5 Å². The molecule has 1 aromatic rings. The van der Waals surface area contributed by atoms with Gasteiger partial charge in [0.15, 0.2) is 12.4 Å². The molecule has 0 aliphatic carbocycles. The lowest BCUT2D eigenvalue weighted by atomic mass is 10.3. The van der Waals surface area contributed by atoms with E-state index in [2.05, 4.69) is 5.32 Å². The number of nitrogens with zero attached hydrogens (tertiary/aromatic N) is 2. The van der Waals surface area contributed by atoms with E-state index in [1.54, 1.807) is 0 Å². The van der Waals surface area contributed by atoms with E-state index in [-0.39, 0.29) is 43.6 Å². The summed E-state index contributed by atoms with van der Waals surface area (Å²) >= 11 is 0. The Kier molecular flexibility index (Phi) is 7.51. The largest absolute Gasteiger partial charge is 0.477 e. The summed E-state index contributed by atoms with van der Waals surface area (Å²) in [6.45, 7) is 3.01. The maximum absolute atomic E-state index is 12.6. The molecule has 0 radical (unpaired) electrons. The molecule has 27 heavy (non-hydrogen) atoms. The Morgan fingerprint density at radius 1 is 1.37 bits per heavy atom. The van der Waals surface area contributed by atoms with Crippen molar-refractivity contribution in [2.45, 2.75) is 24.7 Å². The van der Waals surface area contributed by atoms with Gasteiger partial charge in [0.2, 0.25) is 10.0 Å². The molecule has 1 aliphatic rings. The van der Waals surface area contributed by atoms with E-state index in [1.807, 2.05) is 6.92 Å². The third-order valence-corrected chi connectivity index (χ3v) is 5.84. The molecule has 11 heteroatoms. The lowest BCUT2D eigenvalue weighted by molar-refractivity contribution is -0.386.